The fourth-order valence-electron chi connectivity index (χ4n) is 2.10. The summed E-state index contributed by atoms with van der Waals surface area (Å²) in [6.45, 7) is 6.08. The first-order chi connectivity index (χ1) is 7.97. The van der Waals surface area contributed by atoms with Crippen LogP contribution in [0.1, 0.15) is 32.8 Å². The Balaban J connectivity index is 2.38. The summed E-state index contributed by atoms with van der Waals surface area (Å²) in [6, 6.07) is 8.67. The molecule has 2 nitrogen and oxygen atoms in total. The van der Waals surface area contributed by atoms with Crippen molar-refractivity contribution in [1.82, 2.24) is 5.32 Å². The molecule has 0 saturated carbocycles. The van der Waals surface area contributed by atoms with E-state index in [-0.39, 0.29) is 6.10 Å². The first-order valence-corrected chi connectivity index (χ1v) is 6.53. The summed E-state index contributed by atoms with van der Waals surface area (Å²) in [5.41, 5.74) is 1.28. The van der Waals surface area contributed by atoms with Crippen molar-refractivity contribution in [2.24, 2.45) is 0 Å². The minimum absolute atomic E-state index is 0.250. The molecule has 1 aromatic rings. The van der Waals surface area contributed by atoms with Crippen molar-refractivity contribution >= 4 is 11.6 Å². The largest absolute Gasteiger partial charge is 0.393 e. The molecule has 17 heavy (non-hydrogen) atoms. The van der Waals surface area contributed by atoms with Gasteiger partial charge < -0.3 is 10.4 Å². The number of nitrogens with one attached hydrogen (secondary N) is 1. The van der Waals surface area contributed by atoms with Gasteiger partial charge >= 0.3 is 0 Å². The van der Waals surface area contributed by atoms with Gasteiger partial charge in [-0.15, -0.1) is 0 Å². The van der Waals surface area contributed by atoms with Crippen LogP contribution in [0, 0.1) is 0 Å². The van der Waals surface area contributed by atoms with Gasteiger partial charge in [0.15, 0.2) is 0 Å². The van der Waals surface area contributed by atoms with E-state index in [4.69, 9.17) is 11.6 Å². The zero-order valence-electron chi connectivity index (χ0n) is 10.8. The Kier molecular flexibility index (Phi) is 5.96. The molecule has 0 aliphatic rings. The third kappa shape index (κ3) is 6.06. The van der Waals surface area contributed by atoms with Crippen LogP contribution < -0.4 is 5.32 Å². The maximum absolute atomic E-state index is 9.30. The minimum Gasteiger partial charge on any atom is -0.393 e. The smallest absolute Gasteiger partial charge is 0.0526 e. The zero-order valence-corrected chi connectivity index (χ0v) is 11.5. The van der Waals surface area contributed by atoms with Gasteiger partial charge in [-0.3, -0.25) is 0 Å². The van der Waals surface area contributed by atoms with E-state index in [1.165, 1.54) is 5.56 Å². The van der Waals surface area contributed by atoms with Crippen molar-refractivity contribution in [3.05, 3.63) is 34.9 Å². The van der Waals surface area contributed by atoms with Gasteiger partial charge in [0.05, 0.1) is 6.10 Å². The van der Waals surface area contributed by atoms with Crippen LogP contribution in [-0.4, -0.2) is 23.3 Å². The summed E-state index contributed by atoms with van der Waals surface area (Å²) < 4.78 is 0. The normalized spacial score (nSPS) is 16.5. The maximum Gasteiger partial charge on any atom is 0.0526 e. The second-order valence-electron chi connectivity index (χ2n) is 4.88. The molecule has 0 aromatic heterocycles. The molecule has 1 rings (SSSR count). The summed E-state index contributed by atoms with van der Waals surface area (Å²) in [4.78, 5) is 0. The molecule has 3 heteroatoms. The number of hydrogen-bond acceptors (Lipinski definition) is 2. The van der Waals surface area contributed by atoms with Gasteiger partial charge in [-0.1, -0.05) is 23.7 Å². The predicted octanol–water partition coefficient (Wildman–Crippen LogP) is 3.02. The fraction of sp³-hybridized carbons (Fsp3) is 0.571. The van der Waals surface area contributed by atoms with Crippen molar-refractivity contribution in [2.45, 2.75) is 51.8 Å². The Morgan fingerprint density at radius 3 is 2.24 bits per heavy atom. The predicted molar refractivity (Wildman–Crippen MR) is 73.5 cm³/mol. The monoisotopic (exact) mass is 255 g/mol. The molecule has 0 fully saturated rings. The van der Waals surface area contributed by atoms with Crippen molar-refractivity contribution in [2.75, 3.05) is 0 Å². The van der Waals surface area contributed by atoms with E-state index in [9.17, 15) is 5.11 Å². The molecule has 96 valence electrons. The molecule has 0 heterocycles. The average Bonchev–Trinajstić information content (AvgIpc) is 2.19. The molecule has 2 N–H and O–H groups in total. The highest BCUT2D eigenvalue weighted by atomic mass is 35.5. The summed E-state index contributed by atoms with van der Waals surface area (Å²) in [6.07, 6.45) is 1.51. The molecule has 0 amide bonds. The maximum atomic E-state index is 9.30. The van der Waals surface area contributed by atoms with Gasteiger partial charge in [0.1, 0.15) is 0 Å². The highest BCUT2D eigenvalue weighted by molar-refractivity contribution is 6.30. The Hall–Kier alpha value is -0.570. The standard InChI is InChI=1S/C14H22ClNO/c1-10(8-12(3)17)16-11(2)9-13-4-6-14(15)7-5-13/h4-7,10-12,16-17H,8-9H2,1-3H3. The topological polar surface area (TPSA) is 32.3 Å². The zero-order chi connectivity index (χ0) is 12.8. The number of benzene rings is 1. The Labute approximate surface area is 109 Å². The molecule has 0 aliphatic carbocycles. The van der Waals surface area contributed by atoms with Crippen molar-refractivity contribution in [3.8, 4) is 0 Å². The lowest BCUT2D eigenvalue weighted by Crippen LogP contribution is -2.37. The minimum atomic E-state index is -0.250. The van der Waals surface area contributed by atoms with Gasteiger partial charge in [0, 0.05) is 17.1 Å². The lowest BCUT2D eigenvalue weighted by Gasteiger charge is -2.21. The Bertz CT molecular complexity index is 323. The van der Waals surface area contributed by atoms with Crippen molar-refractivity contribution in [3.63, 3.8) is 0 Å². The average molecular weight is 256 g/mol. The number of aliphatic hydroxyl groups is 1. The summed E-state index contributed by atoms with van der Waals surface area (Å²) in [5, 5.41) is 13.6. The number of rotatable bonds is 6. The Morgan fingerprint density at radius 1 is 1.12 bits per heavy atom. The molecule has 0 radical (unpaired) electrons. The van der Waals surface area contributed by atoms with Crippen LogP contribution >= 0.6 is 11.6 Å². The van der Waals surface area contributed by atoms with E-state index >= 15 is 0 Å². The van der Waals surface area contributed by atoms with Gasteiger partial charge in [0.2, 0.25) is 0 Å². The molecule has 1 aromatic carbocycles. The van der Waals surface area contributed by atoms with Gasteiger partial charge in [-0.05, 0) is 51.3 Å². The molecular weight excluding hydrogens is 234 g/mol. The molecule has 3 unspecified atom stereocenters. The third-order valence-corrected chi connectivity index (χ3v) is 2.97. The number of halogens is 1. The van der Waals surface area contributed by atoms with Crippen molar-refractivity contribution in [1.29, 1.82) is 0 Å². The van der Waals surface area contributed by atoms with Crippen molar-refractivity contribution < 1.29 is 5.11 Å². The van der Waals surface area contributed by atoms with Gasteiger partial charge in [-0.2, -0.15) is 0 Å². The Morgan fingerprint density at radius 2 is 1.71 bits per heavy atom. The molecule has 0 bridgehead atoms. The lowest BCUT2D eigenvalue weighted by atomic mass is 10.1. The summed E-state index contributed by atoms with van der Waals surface area (Å²) in [5.74, 6) is 0. The third-order valence-electron chi connectivity index (χ3n) is 2.72. The molecule has 3 atom stereocenters. The second kappa shape index (κ2) is 7.00. The quantitative estimate of drug-likeness (QED) is 0.819. The molecule has 0 aliphatic heterocycles. The van der Waals surface area contributed by atoms with Crippen LogP contribution in [0.5, 0.6) is 0 Å². The number of aliphatic hydroxyl groups excluding tert-OH is 1. The van der Waals surface area contributed by atoms with E-state index in [0.29, 0.717) is 12.1 Å². The molecule has 0 saturated heterocycles. The SMILES string of the molecule is CC(O)CC(C)NC(C)Cc1ccc(Cl)cc1. The summed E-state index contributed by atoms with van der Waals surface area (Å²) in [7, 11) is 0. The summed E-state index contributed by atoms with van der Waals surface area (Å²) >= 11 is 5.85. The highest BCUT2D eigenvalue weighted by Crippen LogP contribution is 2.11. The van der Waals surface area contributed by atoms with E-state index in [1.807, 2.05) is 19.1 Å². The first-order valence-electron chi connectivity index (χ1n) is 6.16. The van der Waals surface area contributed by atoms with Gasteiger partial charge in [0.25, 0.3) is 0 Å². The van der Waals surface area contributed by atoms with Gasteiger partial charge in [-0.25, -0.2) is 0 Å². The van der Waals surface area contributed by atoms with Crippen LogP contribution in [0.3, 0.4) is 0 Å². The van der Waals surface area contributed by atoms with E-state index in [2.05, 4.69) is 31.3 Å². The van der Waals surface area contributed by atoms with Crippen LogP contribution in [0.2, 0.25) is 5.02 Å². The second-order valence-corrected chi connectivity index (χ2v) is 5.32. The van der Waals surface area contributed by atoms with Crippen LogP contribution in [-0.2, 0) is 6.42 Å². The molecule has 0 spiro atoms. The van der Waals surface area contributed by atoms with E-state index in [1.54, 1.807) is 0 Å². The van der Waals surface area contributed by atoms with E-state index < -0.39 is 0 Å². The van der Waals surface area contributed by atoms with Crippen LogP contribution in [0.15, 0.2) is 24.3 Å². The lowest BCUT2D eigenvalue weighted by molar-refractivity contribution is 0.168. The molecular formula is C14H22ClNO. The highest BCUT2D eigenvalue weighted by Gasteiger charge is 2.10. The first kappa shape index (κ1) is 14.5. The van der Waals surface area contributed by atoms with Crippen LogP contribution in [0.4, 0.5) is 0 Å². The number of hydrogen-bond donors (Lipinski definition) is 2. The fourth-order valence-corrected chi connectivity index (χ4v) is 2.22. The van der Waals surface area contributed by atoms with E-state index in [0.717, 1.165) is 17.9 Å². The van der Waals surface area contributed by atoms with Crippen LogP contribution in [0.25, 0.3) is 0 Å².